The lowest BCUT2D eigenvalue weighted by Gasteiger charge is -2.46. The first kappa shape index (κ1) is 16.0. The van der Waals surface area contributed by atoms with Gasteiger partial charge in [0.05, 0.1) is 11.6 Å². The SMILES string of the molecule is CCCNC(C1=CCCCC1)C1(OC)CCC(C)CC1. The van der Waals surface area contributed by atoms with Crippen LogP contribution in [0.4, 0.5) is 0 Å². The number of hydrogen-bond donors (Lipinski definition) is 1. The van der Waals surface area contributed by atoms with Crippen molar-refractivity contribution in [2.75, 3.05) is 13.7 Å². The van der Waals surface area contributed by atoms with Crippen molar-refractivity contribution in [3.05, 3.63) is 11.6 Å². The van der Waals surface area contributed by atoms with Gasteiger partial charge in [0.25, 0.3) is 0 Å². The number of rotatable bonds is 6. The Morgan fingerprint density at radius 2 is 2.10 bits per heavy atom. The molecular formula is C18H33NO. The number of methoxy groups -OCH3 is 1. The highest BCUT2D eigenvalue weighted by Gasteiger charge is 2.42. The average Bonchev–Trinajstić information content (AvgIpc) is 2.51. The van der Waals surface area contributed by atoms with Crippen LogP contribution in [-0.4, -0.2) is 25.3 Å². The second-order valence-corrected chi connectivity index (χ2v) is 6.86. The van der Waals surface area contributed by atoms with Gasteiger partial charge in [-0.25, -0.2) is 0 Å². The monoisotopic (exact) mass is 279 g/mol. The second-order valence-electron chi connectivity index (χ2n) is 6.86. The van der Waals surface area contributed by atoms with Crippen molar-refractivity contribution in [1.29, 1.82) is 0 Å². The molecule has 0 radical (unpaired) electrons. The molecule has 2 aliphatic rings. The molecule has 1 fully saturated rings. The highest BCUT2D eigenvalue weighted by molar-refractivity contribution is 5.20. The summed E-state index contributed by atoms with van der Waals surface area (Å²) in [6.45, 7) is 5.73. The summed E-state index contributed by atoms with van der Waals surface area (Å²) < 4.78 is 6.14. The van der Waals surface area contributed by atoms with Crippen molar-refractivity contribution < 1.29 is 4.74 Å². The maximum Gasteiger partial charge on any atom is 0.0869 e. The van der Waals surface area contributed by atoms with Crippen LogP contribution >= 0.6 is 0 Å². The summed E-state index contributed by atoms with van der Waals surface area (Å²) in [5.41, 5.74) is 1.67. The Hall–Kier alpha value is -0.340. The molecule has 2 heteroatoms. The molecule has 0 aromatic rings. The van der Waals surface area contributed by atoms with Crippen LogP contribution in [0.25, 0.3) is 0 Å². The Labute approximate surface area is 125 Å². The lowest BCUT2D eigenvalue weighted by molar-refractivity contribution is -0.0670. The summed E-state index contributed by atoms with van der Waals surface area (Å²) in [7, 11) is 1.93. The zero-order chi connectivity index (χ0) is 14.4. The summed E-state index contributed by atoms with van der Waals surface area (Å²) >= 11 is 0. The van der Waals surface area contributed by atoms with Gasteiger partial charge in [-0.1, -0.05) is 25.5 Å². The molecule has 0 aromatic heterocycles. The predicted octanol–water partition coefficient (Wildman–Crippen LogP) is 4.45. The number of nitrogens with one attached hydrogen (secondary N) is 1. The second kappa shape index (κ2) is 7.61. The minimum atomic E-state index is 0.0465. The van der Waals surface area contributed by atoms with E-state index in [4.69, 9.17) is 4.74 Å². The van der Waals surface area contributed by atoms with E-state index in [0.29, 0.717) is 6.04 Å². The van der Waals surface area contributed by atoms with Crippen LogP contribution in [0.15, 0.2) is 11.6 Å². The molecule has 0 saturated heterocycles. The van der Waals surface area contributed by atoms with Gasteiger partial charge in [-0.05, 0) is 70.3 Å². The molecule has 0 aromatic carbocycles. The minimum Gasteiger partial charge on any atom is -0.376 e. The predicted molar refractivity (Wildman–Crippen MR) is 86.0 cm³/mol. The van der Waals surface area contributed by atoms with Crippen LogP contribution < -0.4 is 5.32 Å². The summed E-state index contributed by atoms with van der Waals surface area (Å²) in [6, 6.07) is 0.445. The molecule has 0 bridgehead atoms. The van der Waals surface area contributed by atoms with Gasteiger partial charge in [-0.2, -0.15) is 0 Å². The Kier molecular flexibility index (Phi) is 6.10. The third-order valence-electron chi connectivity index (χ3n) is 5.35. The van der Waals surface area contributed by atoms with Crippen molar-refractivity contribution in [3.8, 4) is 0 Å². The van der Waals surface area contributed by atoms with Gasteiger partial charge in [-0.15, -0.1) is 0 Å². The van der Waals surface area contributed by atoms with E-state index in [1.807, 2.05) is 7.11 Å². The van der Waals surface area contributed by atoms with E-state index < -0.39 is 0 Å². The Morgan fingerprint density at radius 3 is 2.65 bits per heavy atom. The summed E-state index contributed by atoms with van der Waals surface area (Å²) in [5.74, 6) is 0.866. The molecule has 2 aliphatic carbocycles. The first-order valence-electron chi connectivity index (χ1n) is 8.69. The van der Waals surface area contributed by atoms with E-state index in [1.54, 1.807) is 5.57 Å². The lowest BCUT2D eigenvalue weighted by atomic mass is 9.72. The average molecular weight is 279 g/mol. The van der Waals surface area contributed by atoms with Gasteiger partial charge in [-0.3, -0.25) is 0 Å². The van der Waals surface area contributed by atoms with Gasteiger partial charge >= 0.3 is 0 Å². The summed E-state index contributed by atoms with van der Waals surface area (Å²) in [6.07, 6.45) is 14.0. The third-order valence-corrected chi connectivity index (χ3v) is 5.35. The molecule has 2 rings (SSSR count). The first-order chi connectivity index (χ1) is 9.72. The zero-order valence-corrected chi connectivity index (χ0v) is 13.7. The van der Waals surface area contributed by atoms with Crippen molar-refractivity contribution >= 4 is 0 Å². The molecule has 0 aliphatic heterocycles. The molecule has 20 heavy (non-hydrogen) atoms. The van der Waals surface area contributed by atoms with Gasteiger partial charge in [0.15, 0.2) is 0 Å². The van der Waals surface area contributed by atoms with Gasteiger partial charge in [0, 0.05) is 7.11 Å². The van der Waals surface area contributed by atoms with E-state index >= 15 is 0 Å². The molecule has 0 heterocycles. The number of hydrogen-bond acceptors (Lipinski definition) is 2. The van der Waals surface area contributed by atoms with Crippen LogP contribution in [0.1, 0.15) is 71.6 Å². The molecule has 0 amide bonds. The van der Waals surface area contributed by atoms with E-state index in [0.717, 1.165) is 12.5 Å². The Balaban J connectivity index is 2.16. The maximum atomic E-state index is 6.14. The third kappa shape index (κ3) is 3.65. The summed E-state index contributed by atoms with van der Waals surface area (Å²) in [4.78, 5) is 0. The fourth-order valence-corrected chi connectivity index (χ4v) is 3.93. The quantitative estimate of drug-likeness (QED) is 0.725. The molecular weight excluding hydrogens is 246 g/mol. The van der Waals surface area contributed by atoms with E-state index in [-0.39, 0.29) is 5.60 Å². The number of ether oxygens (including phenoxy) is 1. The smallest absolute Gasteiger partial charge is 0.0869 e. The van der Waals surface area contributed by atoms with Crippen LogP contribution in [0, 0.1) is 5.92 Å². The van der Waals surface area contributed by atoms with Crippen molar-refractivity contribution in [1.82, 2.24) is 5.32 Å². The molecule has 1 unspecified atom stereocenters. The number of allylic oxidation sites excluding steroid dienone is 1. The van der Waals surface area contributed by atoms with E-state index in [9.17, 15) is 0 Å². The van der Waals surface area contributed by atoms with Crippen LogP contribution in [-0.2, 0) is 4.74 Å². The van der Waals surface area contributed by atoms with E-state index in [2.05, 4.69) is 25.2 Å². The standard InChI is InChI=1S/C18H33NO/c1-4-14-19-17(16-8-6-5-7-9-16)18(20-3)12-10-15(2)11-13-18/h8,15,17,19H,4-7,9-14H2,1-3H3. The highest BCUT2D eigenvalue weighted by Crippen LogP contribution is 2.40. The highest BCUT2D eigenvalue weighted by atomic mass is 16.5. The molecule has 0 spiro atoms. The molecule has 1 saturated carbocycles. The Morgan fingerprint density at radius 1 is 1.35 bits per heavy atom. The van der Waals surface area contributed by atoms with Crippen LogP contribution in [0.3, 0.4) is 0 Å². The molecule has 116 valence electrons. The Bertz CT molecular complexity index is 315. The van der Waals surface area contributed by atoms with Crippen molar-refractivity contribution in [2.45, 2.75) is 83.3 Å². The maximum absolute atomic E-state index is 6.14. The lowest BCUT2D eigenvalue weighted by Crippen LogP contribution is -2.55. The topological polar surface area (TPSA) is 21.3 Å². The van der Waals surface area contributed by atoms with E-state index in [1.165, 1.54) is 57.8 Å². The van der Waals surface area contributed by atoms with Gasteiger partial charge in [0.1, 0.15) is 0 Å². The van der Waals surface area contributed by atoms with Gasteiger partial charge < -0.3 is 10.1 Å². The van der Waals surface area contributed by atoms with Crippen molar-refractivity contribution in [3.63, 3.8) is 0 Å². The minimum absolute atomic E-state index is 0.0465. The largest absolute Gasteiger partial charge is 0.376 e. The van der Waals surface area contributed by atoms with Crippen LogP contribution in [0.5, 0.6) is 0 Å². The normalized spacial score (nSPS) is 32.8. The fourth-order valence-electron chi connectivity index (χ4n) is 3.93. The summed E-state index contributed by atoms with van der Waals surface area (Å²) in [5, 5.41) is 3.82. The van der Waals surface area contributed by atoms with Gasteiger partial charge in [0.2, 0.25) is 0 Å². The zero-order valence-electron chi connectivity index (χ0n) is 13.7. The molecule has 1 N–H and O–H groups in total. The molecule has 2 nitrogen and oxygen atoms in total. The fraction of sp³-hybridized carbons (Fsp3) is 0.889. The molecule has 1 atom stereocenters. The van der Waals surface area contributed by atoms with Crippen molar-refractivity contribution in [2.24, 2.45) is 5.92 Å². The van der Waals surface area contributed by atoms with Crippen LogP contribution in [0.2, 0.25) is 0 Å². The first-order valence-corrected chi connectivity index (χ1v) is 8.69.